The number of carbonyl (C=O) groups excluding carboxylic acids is 1. The van der Waals surface area contributed by atoms with Crippen LogP contribution in [0.4, 0.5) is 5.69 Å². The topological polar surface area (TPSA) is 50.8 Å². The van der Waals surface area contributed by atoms with Gasteiger partial charge in [0.1, 0.15) is 0 Å². The van der Waals surface area contributed by atoms with Gasteiger partial charge in [0.25, 0.3) is 0 Å². The first-order valence-electron chi connectivity index (χ1n) is 9.14. The lowest BCUT2D eigenvalue weighted by molar-refractivity contribution is -0.117. The molecule has 1 aromatic carbocycles. The highest BCUT2D eigenvalue weighted by Gasteiger charge is 2.18. The molecule has 25 heavy (non-hydrogen) atoms. The average Bonchev–Trinajstić information content (AvgIpc) is 2.79. The molecule has 0 saturated heterocycles. The fraction of sp³-hybridized carbons (Fsp3) is 0.632. The van der Waals surface area contributed by atoms with Crippen molar-refractivity contribution in [2.75, 3.05) is 31.6 Å². The summed E-state index contributed by atoms with van der Waals surface area (Å²) in [5.41, 5.74) is 0.563. The molecule has 0 bridgehead atoms. The van der Waals surface area contributed by atoms with Crippen LogP contribution in [-0.4, -0.2) is 43.2 Å². The van der Waals surface area contributed by atoms with Crippen molar-refractivity contribution in [3.05, 3.63) is 17.2 Å². The highest BCUT2D eigenvalue weighted by atomic mass is 35.5. The van der Waals surface area contributed by atoms with E-state index < -0.39 is 0 Å². The third kappa shape index (κ3) is 6.08. The van der Waals surface area contributed by atoms with Crippen molar-refractivity contribution in [1.29, 1.82) is 0 Å². The second-order valence-electron chi connectivity index (χ2n) is 6.65. The highest BCUT2D eigenvalue weighted by Crippen LogP contribution is 2.37. The Balaban J connectivity index is 2.00. The fourth-order valence-electron chi connectivity index (χ4n) is 2.74. The maximum Gasteiger partial charge on any atom is 0.238 e. The summed E-state index contributed by atoms with van der Waals surface area (Å²) in [5.74, 6) is 1.19. The minimum atomic E-state index is -0.0680. The van der Waals surface area contributed by atoms with Gasteiger partial charge < -0.3 is 14.8 Å². The number of hydrogen-bond donors (Lipinski definition) is 1. The van der Waals surface area contributed by atoms with Crippen LogP contribution < -0.4 is 14.8 Å². The van der Waals surface area contributed by atoms with Crippen LogP contribution in [0.5, 0.6) is 11.5 Å². The largest absolute Gasteiger partial charge is 0.490 e. The molecule has 5 nitrogen and oxygen atoms in total. The Labute approximate surface area is 155 Å². The van der Waals surface area contributed by atoms with Gasteiger partial charge in [-0.2, -0.15) is 0 Å². The van der Waals surface area contributed by atoms with Crippen LogP contribution in [0.15, 0.2) is 12.1 Å². The van der Waals surface area contributed by atoms with E-state index in [0.29, 0.717) is 48.0 Å². The summed E-state index contributed by atoms with van der Waals surface area (Å²) in [6.07, 6.45) is 4.28. The standard InChI is InChI=1S/C19H29ClN2O3/c1-4-5-6-8-22(14(2)3)13-19(23)21-16-12-18-17(11-15(16)20)24-9-7-10-25-18/h11-12,14H,4-10,13H2,1-3H3,(H,21,23). The average molecular weight is 369 g/mol. The predicted molar refractivity (Wildman–Crippen MR) is 102 cm³/mol. The van der Waals surface area contributed by atoms with E-state index in [0.717, 1.165) is 19.4 Å². The summed E-state index contributed by atoms with van der Waals surface area (Å²) in [6.45, 7) is 8.88. The lowest BCUT2D eigenvalue weighted by Crippen LogP contribution is -2.38. The monoisotopic (exact) mass is 368 g/mol. The molecule has 0 saturated carbocycles. The number of amides is 1. The first-order valence-corrected chi connectivity index (χ1v) is 9.52. The van der Waals surface area contributed by atoms with Gasteiger partial charge in [-0.05, 0) is 26.8 Å². The Morgan fingerprint density at radius 2 is 1.92 bits per heavy atom. The van der Waals surface area contributed by atoms with E-state index >= 15 is 0 Å². The van der Waals surface area contributed by atoms with E-state index in [1.165, 1.54) is 12.8 Å². The Morgan fingerprint density at radius 3 is 2.56 bits per heavy atom. The number of fused-ring (bicyclic) bond motifs is 1. The maximum atomic E-state index is 12.5. The third-order valence-corrected chi connectivity index (χ3v) is 4.55. The molecular formula is C19H29ClN2O3. The number of ether oxygens (including phenoxy) is 2. The smallest absolute Gasteiger partial charge is 0.238 e. The Kier molecular flexibility index (Phi) is 7.85. The van der Waals surface area contributed by atoms with E-state index in [9.17, 15) is 4.79 Å². The molecule has 1 heterocycles. The molecule has 2 rings (SSSR count). The summed E-state index contributed by atoms with van der Waals surface area (Å²) in [7, 11) is 0. The van der Waals surface area contributed by atoms with Crippen molar-refractivity contribution in [3.63, 3.8) is 0 Å². The van der Waals surface area contributed by atoms with Crippen molar-refractivity contribution in [2.24, 2.45) is 0 Å². The van der Waals surface area contributed by atoms with E-state index in [2.05, 4.69) is 31.0 Å². The zero-order chi connectivity index (χ0) is 18.2. The van der Waals surface area contributed by atoms with Gasteiger partial charge in [-0.1, -0.05) is 31.4 Å². The van der Waals surface area contributed by atoms with E-state index in [1.807, 2.05) is 0 Å². The van der Waals surface area contributed by atoms with Crippen molar-refractivity contribution < 1.29 is 14.3 Å². The number of benzene rings is 1. The molecule has 1 amide bonds. The summed E-state index contributed by atoms with van der Waals surface area (Å²) < 4.78 is 11.3. The molecule has 1 aliphatic rings. The van der Waals surface area contributed by atoms with Crippen LogP contribution in [0.2, 0.25) is 5.02 Å². The van der Waals surface area contributed by atoms with E-state index in [-0.39, 0.29) is 5.91 Å². The Morgan fingerprint density at radius 1 is 1.24 bits per heavy atom. The Bertz CT molecular complexity index is 578. The Hall–Kier alpha value is -1.46. The molecule has 6 heteroatoms. The van der Waals surface area contributed by atoms with Gasteiger partial charge in [0.2, 0.25) is 5.91 Å². The SMILES string of the molecule is CCCCCN(CC(=O)Nc1cc2c(cc1Cl)OCCCO2)C(C)C. The molecule has 0 unspecified atom stereocenters. The van der Waals surface area contributed by atoms with Crippen molar-refractivity contribution >= 4 is 23.2 Å². The van der Waals surface area contributed by atoms with Crippen LogP contribution in [-0.2, 0) is 4.79 Å². The van der Waals surface area contributed by atoms with Crippen LogP contribution >= 0.6 is 11.6 Å². The molecule has 1 aromatic rings. The van der Waals surface area contributed by atoms with Crippen molar-refractivity contribution in [2.45, 2.75) is 52.5 Å². The minimum Gasteiger partial charge on any atom is -0.490 e. The summed E-state index contributed by atoms with van der Waals surface area (Å²) in [6, 6.07) is 3.78. The first kappa shape index (κ1) is 19.9. The number of unbranched alkanes of at least 4 members (excludes halogenated alkanes) is 2. The summed E-state index contributed by atoms with van der Waals surface area (Å²) in [5, 5.41) is 3.37. The second kappa shape index (κ2) is 9.88. The number of hydrogen-bond acceptors (Lipinski definition) is 4. The molecule has 0 atom stereocenters. The van der Waals surface area contributed by atoms with Gasteiger partial charge in [0.15, 0.2) is 11.5 Å². The van der Waals surface area contributed by atoms with Crippen LogP contribution in [0.25, 0.3) is 0 Å². The number of rotatable bonds is 8. The quantitative estimate of drug-likeness (QED) is 0.693. The summed E-state index contributed by atoms with van der Waals surface area (Å²) in [4.78, 5) is 14.6. The number of carbonyl (C=O) groups is 1. The molecule has 0 fully saturated rings. The zero-order valence-electron chi connectivity index (χ0n) is 15.4. The van der Waals surface area contributed by atoms with Crippen LogP contribution in [0.3, 0.4) is 0 Å². The van der Waals surface area contributed by atoms with Gasteiger partial charge in [-0.15, -0.1) is 0 Å². The highest BCUT2D eigenvalue weighted by molar-refractivity contribution is 6.34. The fourth-order valence-corrected chi connectivity index (χ4v) is 2.94. The second-order valence-corrected chi connectivity index (χ2v) is 7.06. The number of nitrogens with zero attached hydrogens (tertiary/aromatic N) is 1. The molecule has 0 aromatic heterocycles. The maximum absolute atomic E-state index is 12.5. The van der Waals surface area contributed by atoms with Gasteiger partial charge in [-0.3, -0.25) is 9.69 Å². The van der Waals surface area contributed by atoms with Gasteiger partial charge in [0, 0.05) is 24.6 Å². The predicted octanol–water partition coefficient (Wildman–Crippen LogP) is 4.34. The van der Waals surface area contributed by atoms with Crippen molar-refractivity contribution in [3.8, 4) is 11.5 Å². The third-order valence-electron chi connectivity index (χ3n) is 4.24. The van der Waals surface area contributed by atoms with Gasteiger partial charge in [0.05, 0.1) is 30.5 Å². The number of anilines is 1. The summed E-state index contributed by atoms with van der Waals surface area (Å²) >= 11 is 6.30. The zero-order valence-corrected chi connectivity index (χ0v) is 16.2. The van der Waals surface area contributed by atoms with Gasteiger partial charge in [-0.25, -0.2) is 0 Å². The van der Waals surface area contributed by atoms with Gasteiger partial charge >= 0.3 is 0 Å². The van der Waals surface area contributed by atoms with Crippen LogP contribution in [0.1, 0.15) is 46.5 Å². The molecule has 0 aliphatic carbocycles. The number of halogens is 1. The molecule has 1 N–H and O–H groups in total. The normalized spacial score (nSPS) is 13.8. The van der Waals surface area contributed by atoms with Crippen molar-refractivity contribution in [1.82, 2.24) is 4.90 Å². The van der Waals surface area contributed by atoms with Crippen LogP contribution in [0, 0.1) is 0 Å². The lowest BCUT2D eigenvalue weighted by atomic mass is 10.2. The molecule has 0 spiro atoms. The first-order chi connectivity index (χ1) is 12.0. The molecular weight excluding hydrogens is 340 g/mol. The van der Waals surface area contributed by atoms with E-state index in [1.54, 1.807) is 12.1 Å². The lowest BCUT2D eigenvalue weighted by Gasteiger charge is -2.25. The molecule has 0 radical (unpaired) electrons. The minimum absolute atomic E-state index is 0.0680. The molecule has 1 aliphatic heterocycles. The van der Waals surface area contributed by atoms with E-state index in [4.69, 9.17) is 21.1 Å². The number of nitrogens with one attached hydrogen (secondary N) is 1. The molecule has 140 valence electrons.